The second kappa shape index (κ2) is 12.5. The average Bonchev–Trinajstić information content (AvgIpc) is 3.70. The highest BCUT2D eigenvalue weighted by Crippen LogP contribution is 2.56. The van der Waals surface area contributed by atoms with Crippen LogP contribution >= 0.6 is 11.3 Å². The molecule has 0 unspecified atom stereocenters. The summed E-state index contributed by atoms with van der Waals surface area (Å²) in [6.45, 7) is 4.77. The summed E-state index contributed by atoms with van der Waals surface area (Å²) < 4.78 is 2.64. The number of nitrogens with zero attached hydrogens (tertiary/aromatic N) is 1. The van der Waals surface area contributed by atoms with Gasteiger partial charge in [-0.1, -0.05) is 153 Å². The van der Waals surface area contributed by atoms with Crippen LogP contribution in [0.3, 0.4) is 0 Å². The Kier molecular flexibility index (Phi) is 7.42. The van der Waals surface area contributed by atoms with Crippen molar-refractivity contribution in [2.75, 3.05) is 4.90 Å². The molecule has 0 amide bonds. The van der Waals surface area contributed by atoms with Gasteiger partial charge in [0.15, 0.2) is 0 Å². The third-order valence-electron chi connectivity index (χ3n) is 11.1. The maximum atomic E-state index is 2.49. The number of fused-ring (bicyclic) bond motifs is 6. The van der Waals surface area contributed by atoms with Crippen LogP contribution < -0.4 is 4.90 Å². The van der Waals surface area contributed by atoms with Crippen molar-refractivity contribution in [2.45, 2.75) is 19.3 Å². The van der Waals surface area contributed by atoms with Gasteiger partial charge in [-0.3, -0.25) is 0 Å². The van der Waals surface area contributed by atoms with Gasteiger partial charge in [0.25, 0.3) is 0 Å². The maximum Gasteiger partial charge on any atom is 0.0468 e. The molecule has 0 radical (unpaired) electrons. The first-order chi connectivity index (χ1) is 26.0. The molecule has 53 heavy (non-hydrogen) atoms. The van der Waals surface area contributed by atoms with E-state index >= 15 is 0 Å². The topological polar surface area (TPSA) is 3.24 Å². The summed E-state index contributed by atoms with van der Waals surface area (Å²) in [5.74, 6) is 0. The number of rotatable bonds is 6. The van der Waals surface area contributed by atoms with Crippen LogP contribution in [0.2, 0.25) is 0 Å². The van der Waals surface area contributed by atoms with E-state index in [0.717, 1.165) is 17.1 Å². The van der Waals surface area contributed by atoms with E-state index < -0.39 is 0 Å². The minimum Gasteiger partial charge on any atom is -0.310 e. The Labute approximate surface area is 315 Å². The molecule has 0 saturated heterocycles. The van der Waals surface area contributed by atoms with Crippen molar-refractivity contribution in [1.29, 1.82) is 0 Å². The number of anilines is 3. The van der Waals surface area contributed by atoms with Crippen LogP contribution in [-0.4, -0.2) is 0 Å². The fourth-order valence-electron chi connectivity index (χ4n) is 8.44. The zero-order chi connectivity index (χ0) is 35.5. The monoisotopic (exact) mass is 695 g/mol. The van der Waals surface area contributed by atoms with Gasteiger partial charge in [-0.2, -0.15) is 0 Å². The van der Waals surface area contributed by atoms with Gasteiger partial charge in [0.1, 0.15) is 0 Å². The first-order valence-electron chi connectivity index (χ1n) is 18.3. The van der Waals surface area contributed by atoms with Crippen molar-refractivity contribution in [3.8, 4) is 44.5 Å². The third-order valence-corrected chi connectivity index (χ3v) is 12.2. The molecule has 0 atom stereocenters. The highest BCUT2D eigenvalue weighted by atomic mass is 32.1. The van der Waals surface area contributed by atoms with E-state index in [1.807, 2.05) is 11.3 Å². The molecule has 0 bridgehead atoms. The smallest absolute Gasteiger partial charge is 0.0468 e. The lowest BCUT2D eigenvalue weighted by Crippen LogP contribution is -2.14. The van der Waals surface area contributed by atoms with Crippen molar-refractivity contribution in [2.24, 2.45) is 0 Å². The number of hydrogen-bond donors (Lipinski definition) is 0. The van der Waals surface area contributed by atoms with Gasteiger partial charge in [-0.25, -0.2) is 0 Å². The molecule has 8 aromatic carbocycles. The highest BCUT2D eigenvalue weighted by Gasteiger charge is 2.38. The molecule has 0 N–H and O–H groups in total. The van der Waals surface area contributed by atoms with Crippen LogP contribution in [0.15, 0.2) is 188 Å². The summed E-state index contributed by atoms with van der Waals surface area (Å²) in [7, 11) is 0. The predicted molar refractivity (Wildman–Crippen MR) is 228 cm³/mol. The molecule has 0 spiro atoms. The minimum atomic E-state index is -0.0837. The average molecular weight is 696 g/mol. The quantitative estimate of drug-likeness (QED) is 0.167. The maximum absolute atomic E-state index is 2.49. The Morgan fingerprint density at radius 1 is 0.396 bits per heavy atom. The lowest BCUT2D eigenvalue weighted by atomic mass is 9.81. The number of hydrogen-bond acceptors (Lipinski definition) is 2. The SMILES string of the molecule is CC1(C)c2ccccc2-c2c1cc1sc3ccc(N(c4ccc(-c5ccccc5)cc4)c4ccc(-c5ccccc5)cc4)cc3c1c2-c1ccccc1. The molecule has 252 valence electrons. The Balaban J connectivity index is 1.20. The molecule has 1 heterocycles. The largest absolute Gasteiger partial charge is 0.310 e. The van der Waals surface area contributed by atoms with Crippen LogP contribution in [0, 0.1) is 0 Å². The van der Waals surface area contributed by atoms with Crippen LogP contribution in [0.1, 0.15) is 25.0 Å². The molecular formula is C51H37NS. The third kappa shape index (κ3) is 5.21. The summed E-state index contributed by atoms with van der Waals surface area (Å²) in [5, 5.41) is 2.63. The summed E-state index contributed by atoms with van der Waals surface area (Å²) in [6, 6.07) is 68.8. The molecule has 0 aliphatic heterocycles. The molecule has 1 nitrogen and oxygen atoms in total. The fourth-order valence-corrected chi connectivity index (χ4v) is 9.57. The molecule has 9 aromatic rings. The van der Waals surface area contributed by atoms with Crippen LogP contribution in [0.5, 0.6) is 0 Å². The molecule has 10 rings (SSSR count). The molecular weight excluding hydrogens is 659 g/mol. The Bertz CT molecular complexity index is 2680. The minimum absolute atomic E-state index is 0.0837. The Hall–Kier alpha value is -6.22. The van der Waals surface area contributed by atoms with E-state index in [2.05, 4.69) is 207 Å². The van der Waals surface area contributed by atoms with E-state index in [0.29, 0.717) is 0 Å². The standard InChI is InChI=1S/C51H37NS/c1-51(2)44-21-13-12-20-42(44)49-45(51)33-47-50(48(49)38-18-10-5-11-19-38)43-32-41(30-31-46(43)53-47)52(39-26-22-36(23-27-39)34-14-6-3-7-15-34)40-28-24-37(25-29-40)35-16-8-4-9-17-35/h3-33H,1-2H3. The molecule has 1 aromatic heterocycles. The number of thiophene rings is 1. The zero-order valence-corrected chi connectivity index (χ0v) is 30.6. The molecule has 0 fully saturated rings. The van der Waals surface area contributed by atoms with Crippen LogP contribution in [-0.2, 0) is 5.41 Å². The van der Waals surface area contributed by atoms with Gasteiger partial charge in [-0.05, 0) is 104 Å². The zero-order valence-electron chi connectivity index (χ0n) is 29.8. The van der Waals surface area contributed by atoms with Gasteiger partial charge in [0.05, 0.1) is 0 Å². The highest BCUT2D eigenvalue weighted by molar-refractivity contribution is 7.26. The van der Waals surface area contributed by atoms with Crippen molar-refractivity contribution in [3.05, 3.63) is 199 Å². The van der Waals surface area contributed by atoms with E-state index in [-0.39, 0.29) is 5.41 Å². The van der Waals surface area contributed by atoms with Crippen molar-refractivity contribution < 1.29 is 0 Å². The van der Waals surface area contributed by atoms with Crippen molar-refractivity contribution in [1.82, 2.24) is 0 Å². The molecule has 2 heteroatoms. The molecule has 1 aliphatic rings. The Morgan fingerprint density at radius 2 is 0.887 bits per heavy atom. The first-order valence-corrected chi connectivity index (χ1v) is 19.2. The van der Waals surface area contributed by atoms with E-state index in [1.54, 1.807) is 0 Å². The second-order valence-electron chi connectivity index (χ2n) is 14.5. The summed E-state index contributed by atoms with van der Waals surface area (Å²) in [5.41, 5.74) is 16.3. The van der Waals surface area contributed by atoms with Gasteiger partial charge < -0.3 is 4.90 Å². The number of benzene rings is 8. The van der Waals surface area contributed by atoms with Gasteiger partial charge in [0, 0.05) is 42.6 Å². The van der Waals surface area contributed by atoms with Crippen LogP contribution in [0.4, 0.5) is 17.1 Å². The van der Waals surface area contributed by atoms with Gasteiger partial charge >= 0.3 is 0 Å². The van der Waals surface area contributed by atoms with Gasteiger partial charge in [-0.15, -0.1) is 11.3 Å². The van der Waals surface area contributed by atoms with Crippen molar-refractivity contribution >= 4 is 48.6 Å². The summed E-state index contributed by atoms with van der Waals surface area (Å²) in [4.78, 5) is 2.40. The van der Waals surface area contributed by atoms with E-state index in [9.17, 15) is 0 Å². The van der Waals surface area contributed by atoms with Crippen LogP contribution in [0.25, 0.3) is 64.7 Å². The summed E-state index contributed by atoms with van der Waals surface area (Å²) >= 11 is 1.91. The van der Waals surface area contributed by atoms with E-state index in [4.69, 9.17) is 0 Å². The van der Waals surface area contributed by atoms with Gasteiger partial charge in [0.2, 0.25) is 0 Å². The fraction of sp³-hybridized carbons (Fsp3) is 0.0588. The normalized spacial score (nSPS) is 12.9. The molecule has 0 saturated carbocycles. The summed E-state index contributed by atoms with van der Waals surface area (Å²) in [6.07, 6.45) is 0. The first kappa shape index (κ1) is 31.5. The lowest BCUT2D eigenvalue weighted by Gasteiger charge is -2.26. The Morgan fingerprint density at radius 3 is 1.47 bits per heavy atom. The van der Waals surface area contributed by atoms with Crippen molar-refractivity contribution in [3.63, 3.8) is 0 Å². The molecule has 1 aliphatic carbocycles. The van der Waals surface area contributed by atoms with E-state index in [1.165, 1.54) is 75.8 Å². The second-order valence-corrected chi connectivity index (χ2v) is 15.6. The predicted octanol–water partition coefficient (Wildman–Crippen LogP) is 14.8. The lowest BCUT2D eigenvalue weighted by molar-refractivity contribution is 0.661.